The fraction of sp³-hybridized carbons (Fsp3) is 0.211. The topological polar surface area (TPSA) is 79.9 Å². The van der Waals surface area contributed by atoms with E-state index in [1.807, 2.05) is 32.0 Å². The van der Waals surface area contributed by atoms with E-state index in [0.717, 1.165) is 16.9 Å². The van der Waals surface area contributed by atoms with Crippen molar-refractivity contribution in [2.75, 3.05) is 11.1 Å². The lowest BCUT2D eigenvalue weighted by Crippen LogP contribution is -2.13. The van der Waals surface area contributed by atoms with Gasteiger partial charge >= 0.3 is 0 Å². The molecule has 1 aromatic heterocycles. The molecular weight excluding hydrogens is 384 g/mol. The Kier molecular flexibility index (Phi) is 6.36. The highest BCUT2D eigenvalue weighted by Gasteiger charge is 2.10. The lowest BCUT2D eigenvalue weighted by molar-refractivity contribution is -0.113. The van der Waals surface area contributed by atoms with Crippen molar-refractivity contribution in [3.05, 3.63) is 64.4 Å². The summed E-state index contributed by atoms with van der Waals surface area (Å²) < 4.78 is 5.85. The van der Waals surface area contributed by atoms with Crippen molar-refractivity contribution in [2.24, 2.45) is 0 Å². The Bertz CT molecular complexity index is 907. The van der Waals surface area contributed by atoms with Gasteiger partial charge in [-0.05, 0) is 49.2 Å². The molecule has 0 aliphatic rings. The van der Waals surface area contributed by atoms with E-state index < -0.39 is 0 Å². The first-order chi connectivity index (χ1) is 13.0. The third-order valence-corrected chi connectivity index (χ3v) is 4.83. The van der Waals surface area contributed by atoms with Gasteiger partial charge in [0.2, 0.25) is 11.1 Å². The van der Waals surface area contributed by atoms with Crippen molar-refractivity contribution in [3.63, 3.8) is 0 Å². The van der Waals surface area contributed by atoms with E-state index in [1.165, 1.54) is 11.8 Å². The summed E-state index contributed by atoms with van der Waals surface area (Å²) in [5, 5.41) is 10.9. The van der Waals surface area contributed by atoms with Gasteiger partial charge in [-0.3, -0.25) is 9.89 Å². The second-order valence-electron chi connectivity index (χ2n) is 5.92. The Morgan fingerprint density at radius 1 is 1.19 bits per heavy atom. The van der Waals surface area contributed by atoms with Crippen LogP contribution in [-0.2, 0) is 11.4 Å². The maximum Gasteiger partial charge on any atom is 0.234 e. The number of aromatic nitrogens is 3. The predicted octanol–water partition coefficient (Wildman–Crippen LogP) is 4.38. The normalized spacial score (nSPS) is 10.6. The summed E-state index contributed by atoms with van der Waals surface area (Å²) in [7, 11) is 0. The number of carbonyl (C=O) groups excluding carboxylic acids is 1. The largest absolute Gasteiger partial charge is 0.485 e. The number of para-hydroxylation sites is 1. The maximum atomic E-state index is 12.0. The molecule has 27 heavy (non-hydrogen) atoms. The molecule has 0 saturated carbocycles. The monoisotopic (exact) mass is 402 g/mol. The van der Waals surface area contributed by atoms with Gasteiger partial charge in [-0.15, -0.1) is 5.10 Å². The molecule has 140 valence electrons. The van der Waals surface area contributed by atoms with Crippen LogP contribution in [0.2, 0.25) is 5.02 Å². The SMILES string of the molecule is Cc1cccc(C)c1OCc1nc(SCC(=O)Nc2ccc(Cl)cc2)n[nH]1. The van der Waals surface area contributed by atoms with E-state index >= 15 is 0 Å². The first-order valence-electron chi connectivity index (χ1n) is 8.30. The zero-order valence-corrected chi connectivity index (χ0v) is 16.5. The highest BCUT2D eigenvalue weighted by atomic mass is 35.5. The lowest BCUT2D eigenvalue weighted by Gasteiger charge is -2.10. The van der Waals surface area contributed by atoms with E-state index in [2.05, 4.69) is 20.5 Å². The number of hydrogen-bond acceptors (Lipinski definition) is 5. The Morgan fingerprint density at radius 3 is 2.59 bits per heavy atom. The lowest BCUT2D eigenvalue weighted by atomic mass is 10.1. The molecular formula is C19H19ClN4O2S. The number of halogens is 1. The van der Waals surface area contributed by atoms with Crippen LogP contribution in [0.3, 0.4) is 0 Å². The van der Waals surface area contributed by atoms with Crippen LogP contribution in [-0.4, -0.2) is 26.8 Å². The molecule has 3 aromatic rings. The Labute approximate surface area is 166 Å². The molecule has 0 atom stereocenters. The van der Waals surface area contributed by atoms with E-state index in [0.29, 0.717) is 21.7 Å². The van der Waals surface area contributed by atoms with Crippen LogP contribution >= 0.6 is 23.4 Å². The predicted molar refractivity (Wildman–Crippen MR) is 107 cm³/mol. The minimum absolute atomic E-state index is 0.138. The molecule has 0 radical (unpaired) electrons. The number of hydrogen-bond donors (Lipinski definition) is 2. The molecule has 0 spiro atoms. The van der Waals surface area contributed by atoms with Gasteiger partial charge in [-0.1, -0.05) is 41.6 Å². The van der Waals surface area contributed by atoms with Crippen LogP contribution < -0.4 is 10.1 Å². The van der Waals surface area contributed by atoms with E-state index in [4.69, 9.17) is 16.3 Å². The Balaban J connectivity index is 1.49. The molecule has 0 aliphatic heterocycles. The minimum Gasteiger partial charge on any atom is -0.485 e. The molecule has 0 saturated heterocycles. The molecule has 8 heteroatoms. The summed E-state index contributed by atoms with van der Waals surface area (Å²) in [6.07, 6.45) is 0. The number of H-pyrrole nitrogens is 1. The summed E-state index contributed by atoms with van der Waals surface area (Å²) >= 11 is 7.08. The smallest absolute Gasteiger partial charge is 0.234 e. The van der Waals surface area contributed by atoms with E-state index in [1.54, 1.807) is 24.3 Å². The number of nitrogens with one attached hydrogen (secondary N) is 2. The fourth-order valence-corrected chi connectivity index (χ4v) is 3.18. The number of aryl methyl sites for hydroxylation is 2. The number of thioether (sulfide) groups is 1. The van der Waals surface area contributed by atoms with Gasteiger partial charge in [0.25, 0.3) is 0 Å². The van der Waals surface area contributed by atoms with Gasteiger partial charge in [0.15, 0.2) is 5.82 Å². The summed E-state index contributed by atoms with van der Waals surface area (Å²) in [4.78, 5) is 16.4. The van der Waals surface area contributed by atoms with Crippen LogP contribution in [0.15, 0.2) is 47.6 Å². The van der Waals surface area contributed by atoms with Crippen molar-refractivity contribution in [1.82, 2.24) is 15.2 Å². The first kappa shape index (κ1) is 19.3. The van der Waals surface area contributed by atoms with Crippen molar-refractivity contribution in [3.8, 4) is 5.75 Å². The minimum atomic E-state index is -0.138. The molecule has 0 aliphatic carbocycles. The molecule has 1 heterocycles. The Morgan fingerprint density at radius 2 is 1.89 bits per heavy atom. The molecule has 0 unspecified atom stereocenters. The number of nitrogens with zero attached hydrogens (tertiary/aromatic N) is 2. The second-order valence-corrected chi connectivity index (χ2v) is 7.30. The molecule has 3 rings (SSSR count). The van der Waals surface area contributed by atoms with Crippen LogP contribution in [0.25, 0.3) is 0 Å². The molecule has 1 amide bonds. The van der Waals surface area contributed by atoms with Crippen LogP contribution in [0.5, 0.6) is 5.75 Å². The van der Waals surface area contributed by atoms with Gasteiger partial charge in [0, 0.05) is 10.7 Å². The average molecular weight is 403 g/mol. The summed E-state index contributed by atoms with van der Waals surface area (Å²) in [6, 6.07) is 13.0. The third-order valence-electron chi connectivity index (χ3n) is 3.73. The molecule has 0 fully saturated rings. The summed E-state index contributed by atoms with van der Waals surface area (Å²) in [5.74, 6) is 1.53. The standard InChI is InChI=1S/C19H19ClN4O2S/c1-12-4-3-5-13(2)18(12)26-10-16-22-19(24-23-16)27-11-17(25)21-15-8-6-14(20)7-9-15/h3-9H,10-11H2,1-2H3,(H,21,25)(H,22,23,24). The van der Waals surface area contributed by atoms with Gasteiger partial charge in [0.1, 0.15) is 12.4 Å². The van der Waals surface area contributed by atoms with Gasteiger partial charge in [-0.2, -0.15) is 0 Å². The number of carbonyl (C=O) groups is 1. The number of rotatable bonds is 7. The van der Waals surface area contributed by atoms with E-state index in [-0.39, 0.29) is 18.3 Å². The highest BCUT2D eigenvalue weighted by molar-refractivity contribution is 7.99. The molecule has 0 bridgehead atoms. The number of aromatic amines is 1. The fourth-order valence-electron chi connectivity index (χ4n) is 2.43. The Hall–Kier alpha value is -2.51. The third kappa shape index (κ3) is 5.48. The summed E-state index contributed by atoms with van der Waals surface area (Å²) in [6.45, 7) is 4.29. The van der Waals surface area contributed by atoms with Crippen LogP contribution in [0, 0.1) is 13.8 Å². The van der Waals surface area contributed by atoms with E-state index in [9.17, 15) is 4.79 Å². The first-order valence-corrected chi connectivity index (χ1v) is 9.66. The van der Waals surface area contributed by atoms with Gasteiger partial charge < -0.3 is 10.1 Å². The number of amides is 1. The zero-order valence-electron chi connectivity index (χ0n) is 15.0. The van der Waals surface area contributed by atoms with Gasteiger partial charge in [-0.25, -0.2) is 4.98 Å². The molecule has 2 N–H and O–H groups in total. The number of anilines is 1. The molecule has 6 nitrogen and oxygen atoms in total. The van der Waals surface area contributed by atoms with Crippen molar-refractivity contribution in [1.29, 1.82) is 0 Å². The van der Waals surface area contributed by atoms with Crippen LogP contribution in [0.1, 0.15) is 17.0 Å². The maximum absolute atomic E-state index is 12.0. The van der Waals surface area contributed by atoms with Crippen molar-refractivity contribution in [2.45, 2.75) is 25.6 Å². The molecule has 2 aromatic carbocycles. The zero-order chi connectivity index (χ0) is 19.2. The second kappa shape index (κ2) is 8.92. The van der Waals surface area contributed by atoms with Crippen molar-refractivity contribution >= 4 is 35.0 Å². The summed E-state index contributed by atoms with van der Waals surface area (Å²) in [5.41, 5.74) is 2.84. The average Bonchev–Trinajstić information content (AvgIpc) is 3.09. The number of benzene rings is 2. The quantitative estimate of drug-likeness (QED) is 0.573. The van der Waals surface area contributed by atoms with Crippen molar-refractivity contribution < 1.29 is 9.53 Å². The number of ether oxygens (including phenoxy) is 1. The van der Waals surface area contributed by atoms with Gasteiger partial charge in [0.05, 0.1) is 5.75 Å². The van der Waals surface area contributed by atoms with Crippen LogP contribution in [0.4, 0.5) is 5.69 Å². The highest BCUT2D eigenvalue weighted by Crippen LogP contribution is 2.23.